The van der Waals surface area contributed by atoms with E-state index < -0.39 is 26.6 Å². The first-order valence-corrected chi connectivity index (χ1v) is 14.9. The second-order valence-electron chi connectivity index (χ2n) is 9.93. The monoisotopic (exact) mass is 614 g/mol. The number of nitrogens with zero attached hydrogens (tertiary/aromatic N) is 7. The van der Waals surface area contributed by atoms with Crippen LogP contribution in [0, 0.1) is 11.6 Å². The molecule has 42 heavy (non-hydrogen) atoms. The highest BCUT2D eigenvalue weighted by molar-refractivity contribution is 7.92. The van der Waals surface area contributed by atoms with Crippen LogP contribution in [-0.4, -0.2) is 82.6 Å². The summed E-state index contributed by atoms with van der Waals surface area (Å²) in [7, 11) is -2.31. The van der Waals surface area contributed by atoms with Crippen LogP contribution < -0.4 is 4.72 Å². The van der Waals surface area contributed by atoms with Crippen LogP contribution in [0.4, 0.5) is 14.5 Å². The van der Waals surface area contributed by atoms with Crippen LogP contribution in [0.25, 0.3) is 28.4 Å². The minimum Gasteiger partial charge on any atom is -0.419 e. The molecule has 0 atom stereocenters. The lowest BCUT2D eigenvalue weighted by Crippen LogP contribution is -2.45. The van der Waals surface area contributed by atoms with E-state index in [9.17, 15) is 17.2 Å². The SMILES string of the molecule is CN1CCN(CCc2nnc(-c3cnc4ccc(-c5cnc(Cl)c(NS(=O)(=O)c6ccc(F)cc6F)c5)cn34)o2)CC1. The lowest BCUT2D eigenvalue weighted by atomic mass is 10.1. The first-order chi connectivity index (χ1) is 20.2. The fraction of sp³-hybridized carbons (Fsp3) is 0.259. The largest absolute Gasteiger partial charge is 0.419 e. The van der Waals surface area contributed by atoms with Crippen molar-refractivity contribution in [3.05, 3.63) is 77.7 Å². The molecule has 5 aromatic rings. The van der Waals surface area contributed by atoms with Crippen molar-refractivity contribution < 1.29 is 21.6 Å². The minimum atomic E-state index is -4.43. The maximum Gasteiger partial charge on any atom is 0.266 e. The van der Waals surface area contributed by atoms with E-state index in [0.29, 0.717) is 46.7 Å². The van der Waals surface area contributed by atoms with Crippen molar-refractivity contribution in [3.8, 4) is 22.7 Å². The normalized spacial score (nSPS) is 15.0. The number of hydrogen-bond donors (Lipinski definition) is 1. The molecule has 15 heteroatoms. The van der Waals surface area contributed by atoms with Crippen molar-refractivity contribution in [2.75, 3.05) is 44.5 Å². The summed E-state index contributed by atoms with van der Waals surface area (Å²) < 4.78 is 63.1. The standard InChI is InChI=1S/C27H25ClF2N8O3S/c1-36-8-10-37(11-9-36)7-6-25-33-34-27(41-25)22-15-31-24-5-2-17(16-38(22)24)18-12-21(26(28)32-14-18)35-42(39,40)23-4-3-19(29)13-20(23)30/h2-5,12-16,35H,6-11H2,1H3. The molecule has 5 heterocycles. The highest BCUT2D eigenvalue weighted by Crippen LogP contribution is 2.30. The number of pyridine rings is 2. The van der Waals surface area contributed by atoms with E-state index in [1.165, 1.54) is 12.3 Å². The summed E-state index contributed by atoms with van der Waals surface area (Å²) in [4.78, 5) is 12.5. The number of piperazine rings is 1. The van der Waals surface area contributed by atoms with Crippen LogP contribution in [0.2, 0.25) is 5.15 Å². The molecule has 0 aliphatic carbocycles. The Morgan fingerprint density at radius 3 is 2.60 bits per heavy atom. The van der Waals surface area contributed by atoms with Gasteiger partial charge in [-0.05, 0) is 37.4 Å². The zero-order valence-electron chi connectivity index (χ0n) is 22.3. The molecule has 6 rings (SSSR count). The Labute approximate surface area is 244 Å². The first kappa shape index (κ1) is 28.2. The summed E-state index contributed by atoms with van der Waals surface area (Å²) in [6.45, 7) is 4.89. The molecule has 1 aliphatic rings. The summed E-state index contributed by atoms with van der Waals surface area (Å²) in [5.41, 5.74) is 2.29. The molecule has 0 unspecified atom stereocenters. The molecule has 0 radical (unpaired) electrons. The van der Waals surface area contributed by atoms with Crippen molar-refractivity contribution in [1.29, 1.82) is 0 Å². The quantitative estimate of drug-likeness (QED) is 0.259. The maximum absolute atomic E-state index is 14.2. The Bertz CT molecular complexity index is 1870. The fourth-order valence-corrected chi connectivity index (χ4v) is 5.99. The molecule has 4 aromatic heterocycles. The predicted octanol–water partition coefficient (Wildman–Crippen LogP) is 3.97. The number of halogens is 3. The van der Waals surface area contributed by atoms with Crippen molar-refractivity contribution in [1.82, 2.24) is 34.4 Å². The molecule has 1 aliphatic heterocycles. The third-order valence-corrected chi connectivity index (χ3v) is 8.73. The van der Waals surface area contributed by atoms with E-state index in [1.807, 2.05) is 0 Å². The molecule has 0 spiro atoms. The van der Waals surface area contributed by atoms with E-state index >= 15 is 0 Å². The number of benzene rings is 1. The maximum atomic E-state index is 14.2. The topological polar surface area (TPSA) is 122 Å². The van der Waals surface area contributed by atoms with Crippen LogP contribution in [0.5, 0.6) is 0 Å². The minimum absolute atomic E-state index is 0.0780. The smallest absolute Gasteiger partial charge is 0.266 e. The zero-order valence-corrected chi connectivity index (χ0v) is 23.9. The second-order valence-corrected chi connectivity index (χ2v) is 11.9. The van der Waals surface area contributed by atoms with Gasteiger partial charge in [0.2, 0.25) is 5.89 Å². The number of sulfonamides is 1. The summed E-state index contributed by atoms with van der Waals surface area (Å²) in [5.74, 6) is -1.28. The number of likely N-dealkylation sites (N-methyl/N-ethyl adjacent to an activating group) is 1. The second kappa shape index (κ2) is 11.4. The van der Waals surface area contributed by atoms with E-state index in [0.717, 1.165) is 44.9 Å². The van der Waals surface area contributed by atoms with Gasteiger partial charge in [0.05, 0.1) is 11.9 Å². The number of rotatable bonds is 8. The molecule has 11 nitrogen and oxygen atoms in total. The molecule has 0 amide bonds. The van der Waals surface area contributed by atoms with Crippen LogP contribution in [0.3, 0.4) is 0 Å². The summed E-state index contributed by atoms with van der Waals surface area (Å²) in [6, 6.07) is 7.20. The van der Waals surface area contributed by atoms with Crippen LogP contribution in [0.15, 0.2) is 64.3 Å². The summed E-state index contributed by atoms with van der Waals surface area (Å²) in [6.07, 6.45) is 5.51. The van der Waals surface area contributed by atoms with Gasteiger partial charge in [-0.25, -0.2) is 27.2 Å². The molecule has 1 fully saturated rings. The number of fused-ring (bicyclic) bond motifs is 1. The highest BCUT2D eigenvalue weighted by atomic mass is 35.5. The average Bonchev–Trinajstić information content (AvgIpc) is 3.60. The number of anilines is 1. The van der Waals surface area contributed by atoms with Crippen LogP contribution >= 0.6 is 11.6 Å². The molecule has 1 aromatic carbocycles. The predicted molar refractivity (Wildman–Crippen MR) is 152 cm³/mol. The van der Waals surface area contributed by atoms with Gasteiger partial charge in [0.1, 0.15) is 27.9 Å². The van der Waals surface area contributed by atoms with Gasteiger partial charge in [-0.2, -0.15) is 0 Å². The third-order valence-electron chi connectivity index (χ3n) is 7.03. The Morgan fingerprint density at radius 1 is 1.00 bits per heavy atom. The van der Waals surface area contributed by atoms with Crippen molar-refractivity contribution in [2.45, 2.75) is 11.3 Å². The lowest BCUT2D eigenvalue weighted by Gasteiger charge is -2.31. The number of aromatic nitrogens is 5. The van der Waals surface area contributed by atoms with Gasteiger partial charge in [-0.15, -0.1) is 10.2 Å². The van der Waals surface area contributed by atoms with E-state index in [-0.39, 0.29) is 10.8 Å². The highest BCUT2D eigenvalue weighted by Gasteiger charge is 2.22. The zero-order chi connectivity index (χ0) is 29.4. The molecule has 1 saturated heterocycles. The van der Waals surface area contributed by atoms with Crippen LogP contribution in [0.1, 0.15) is 5.89 Å². The molecule has 1 N–H and O–H groups in total. The van der Waals surface area contributed by atoms with Crippen molar-refractivity contribution in [2.24, 2.45) is 0 Å². The van der Waals surface area contributed by atoms with E-state index in [4.69, 9.17) is 16.0 Å². The molecular weight excluding hydrogens is 590 g/mol. The van der Waals surface area contributed by atoms with Crippen molar-refractivity contribution >= 4 is 33.0 Å². The van der Waals surface area contributed by atoms with Gasteiger partial charge < -0.3 is 14.2 Å². The van der Waals surface area contributed by atoms with E-state index in [2.05, 4.69) is 41.7 Å². The molecule has 218 valence electrons. The Hall–Kier alpha value is -3.98. The Balaban J connectivity index is 1.24. The van der Waals surface area contributed by atoms with Gasteiger partial charge in [0, 0.05) is 68.7 Å². The van der Waals surface area contributed by atoms with Gasteiger partial charge in [0.15, 0.2) is 5.15 Å². The average molecular weight is 615 g/mol. The number of imidazole rings is 1. The lowest BCUT2D eigenvalue weighted by molar-refractivity contribution is 0.153. The Morgan fingerprint density at radius 2 is 1.81 bits per heavy atom. The first-order valence-electron chi connectivity index (χ1n) is 13.0. The van der Waals surface area contributed by atoms with Gasteiger partial charge in [-0.3, -0.25) is 9.12 Å². The summed E-state index contributed by atoms with van der Waals surface area (Å²) >= 11 is 6.17. The summed E-state index contributed by atoms with van der Waals surface area (Å²) in [5, 5.41) is 8.30. The third kappa shape index (κ3) is 5.83. The molecular formula is C27H25ClF2N8O3S. The molecule has 0 bridgehead atoms. The van der Waals surface area contributed by atoms with Gasteiger partial charge in [0.25, 0.3) is 15.9 Å². The van der Waals surface area contributed by atoms with Crippen molar-refractivity contribution in [3.63, 3.8) is 0 Å². The Kier molecular flexibility index (Phi) is 7.62. The van der Waals surface area contributed by atoms with Gasteiger partial charge >= 0.3 is 0 Å². The number of nitrogens with one attached hydrogen (secondary N) is 1. The number of hydrogen-bond acceptors (Lipinski definition) is 9. The fourth-order valence-electron chi connectivity index (χ4n) is 4.66. The van der Waals surface area contributed by atoms with E-state index in [1.54, 1.807) is 28.9 Å². The molecule has 0 saturated carbocycles. The van der Waals surface area contributed by atoms with Crippen LogP contribution in [-0.2, 0) is 16.4 Å². The van der Waals surface area contributed by atoms with Gasteiger partial charge in [-0.1, -0.05) is 11.6 Å².